The van der Waals surface area contributed by atoms with Crippen LogP contribution in [-0.4, -0.2) is 40.2 Å². The molecule has 8 heteroatoms. The highest BCUT2D eigenvalue weighted by atomic mass is 16.5. The molecule has 1 aromatic heterocycles. The smallest absolute Gasteiger partial charge is 0.411 e. The second kappa shape index (κ2) is 9.21. The summed E-state index contributed by atoms with van der Waals surface area (Å²) in [6.45, 7) is 0.205. The zero-order valence-electron chi connectivity index (χ0n) is 19.0. The Morgan fingerprint density at radius 1 is 0.971 bits per heavy atom. The Balaban J connectivity index is 1.16. The Morgan fingerprint density at radius 3 is 2.17 bits per heavy atom. The summed E-state index contributed by atoms with van der Waals surface area (Å²) in [5.41, 5.74) is 4.35. The number of amides is 2. The third-order valence-corrected chi connectivity index (χ3v) is 6.75. The van der Waals surface area contributed by atoms with Crippen molar-refractivity contribution in [2.24, 2.45) is 0 Å². The minimum atomic E-state index is -1.15. The standard InChI is InChI=1S/C27H25N3O5/c31-24(30-27(25(32)33)12-5-13-27)14-17-10-11-18(15-28-17)29-26(34)35-16-23-21-8-3-1-6-19(21)20-7-2-4-9-22(20)23/h1-4,6-11,15,23H,5,12-14,16H2,(H,29,34)(H,30,31)(H,32,33). The van der Waals surface area contributed by atoms with Crippen molar-refractivity contribution >= 4 is 23.7 Å². The second-order valence-corrected chi connectivity index (χ2v) is 8.95. The van der Waals surface area contributed by atoms with Gasteiger partial charge < -0.3 is 15.2 Å². The number of carbonyl (C=O) groups is 3. The van der Waals surface area contributed by atoms with E-state index in [0.717, 1.165) is 28.7 Å². The number of benzene rings is 2. The molecule has 2 amide bonds. The predicted molar refractivity (Wildman–Crippen MR) is 129 cm³/mol. The number of hydrogen-bond donors (Lipinski definition) is 3. The Morgan fingerprint density at radius 2 is 1.63 bits per heavy atom. The summed E-state index contributed by atoms with van der Waals surface area (Å²) < 4.78 is 5.54. The monoisotopic (exact) mass is 471 g/mol. The topological polar surface area (TPSA) is 118 Å². The summed E-state index contributed by atoms with van der Waals surface area (Å²) in [6.07, 6.45) is 2.46. The number of pyridine rings is 1. The van der Waals surface area contributed by atoms with Gasteiger partial charge in [0.05, 0.1) is 18.3 Å². The van der Waals surface area contributed by atoms with E-state index in [1.54, 1.807) is 12.1 Å². The van der Waals surface area contributed by atoms with Crippen LogP contribution >= 0.6 is 0 Å². The van der Waals surface area contributed by atoms with Crippen LogP contribution in [0.4, 0.5) is 10.5 Å². The molecule has 0 atom stereocenters. The molecule has 1 saturated carbocycles. The molecule has 5 rings (SSSR count). The van der Waals surface area contributed by atoms with Crippen molar-refractivity contribution < 1.29 is 24.2 Å². The maximum Gasteiger partial charge on any atom is 0.411 e. The first-order chi connectivity index (χ1) is 16.9. The Labute approximate surface area is 202 Å². The van der Waals surface area contributed by atoms with Crippen molar-refractivity contribution in [3.8, 4) is 11.1 Å². The molecular weight excluding hydrogens is 446 g/mol. The van der Waals surface area contributed by atoms with Gasteiger partial charge in [0.15, 0.2) is 0 Å². The molecule has 1 heterocycles. The number of carboxylic acid groups (broad SMARTS) is 1. The van der Waals surface area contributed by atoms with Gasteiger partial charge in [-0.05, 0) is 53.6 Å². The lowest BCUT2D eigenvalue weighted by atomic mass is 9.76. The zero-order chi connectivity index (χ0) is 24.4. The fourth-order valence-corrected chi connectivity index (χ4v) is 4.75. The van der Waals surface area contributed by atoms with Crippen LogP contribution in [-0.2, 0) is 20.7 Å². The van der Waals surface area contributed by atoms with E-state index in [2.05, 4.69) is 39.9 Å². The highest BCUT2D eigenvalue weighted by Gasteiger charge is 2.45. The number of aromatic nitrogens is 1. The molecule has 2 aliphatic rings. The van der Waals surface area contributed by atoms with Crippen LogP contribution in [0.3, 0.4) is 0 Å². The van der Waals surface area contributed by atoms with E-state index in [4.69, 9.17) is 4.74 Å². The molecular formula is C27H25N3O5. The molecule has 178 valence electrons. The van der Waals surface area contributed by atoms with Gasteiger partial charge in [0.1, 0.15) is 12.1 Å². The molecule has 3 aromatic rings. The van der Waals surface area contributed by atoms with Crippen molar-refractivity contribution in [2.75, 3.05) is 11.9 Å². The van der Waals surface area contributed by atoms with Gasteiger partial charge in [-0.3, -0.25) is 15.1 Å². The summed E-state index contributed by atoms with van der Waals surface area (Å²) in [6, 6.07) is 19.5. The summed E-state index contributed by atoms with van der Waals surface area (Å²) in [7, 11) is 0. The normalized spacial score (nSPS) is 15.3. The van der Waals surface area contributed by atoms with Crippen LogP contribution in [0.5, 0.6) is 0 Å². The minimum Gasteiger partial charge on any atom is -0.480 e. The number of nitrogens with zero attached hydrogens (tertiary/aromatic N) is 1. The van der Waals surface area contributed by atoms with Crippen LogP contribution in [0.25, 0.3) is 11.1 Å². The van der Waals surface area contributed by atoms with Gasteiger partial charge >= 0.3 is 12.1 Å². The van der Waals surface area contributed by atoms with Crippen LogP contribution < -0.4 is 10.6 Å². The Kier molecular flexibility index (Phi) is 5.94. The fourth-order valence-electron chi connectivity index (χ4n) is 4.75. The first-order valence-electron chi connectivity index (χ1n) is 11.6. The number of rotatable bonds is 7. The predicted octanol–water partition coefficient (Wildman–Crippen LogP) is 4.11. The SMILES string of the molecule is O=C(Cc1ccc(NC(=O)OCC2c3ccccc3-c3ccccc32)cn1)NC1(C(=O)O)CCC1. The number of hydrogen-bond acceptors (Lipinski definition) is 5. The molecule has 35 heavy (non-hydrogen) atoms. The van der Waals surface area contributed by atoms with Gasteiger partial charge in [-0.1, -0.05) is 48.5 Å². The van der Waals surface area contributed by atoms with E-state index in [1.165, 1.54) is 6.20 Å². The Hall–Kier alpha value is -4.20. The minimum absolute atomic E-state index is 0.0306. The summed E-state index contributed by atoms with van der Waals surface area (Å²) in [5.74, 6) is -1.43. The first kappa shape index (κ1) is 22.6. The molecule has 0 radical (unpaired) electrons. The van der Waals surface area contributed by atoms with Crippen LogP contribution in [0.2, 0.25) is 0 Å². The van der Waals surface area contributed by atoms with Crippen LogP contribution in [0.1, 0.15) is 42.0 Å². The zero-order valence-corrected chi connectivity index (χ0v) is 19.0. The molecule has 1 fully saturated rings. The quantitative estimate of drug-likeness (QED) is 0.477. The van der Waals surface area contributed by atoms with Gasteiger partial charge in [0.2, 0.25) is 5.91 Å². The third kappa shape index (κ3) is 4.47. The molecule has 2 aliphatic carbocycles. The number of ether oxygens (including phenoxy) is 1. The lowest BCUT2D eigenvalue weighted by Crippen LogP contribution is -2.59. The third-order valence-electron chi connectivity index (χ3n) is 6.75. The number of carbonyl (C=O) groups excluding carboxylic acids is 2. The lowest BCUT2D eigenvalue weighted by molar-refractivity contribution is -0.151. The molecule has 3 N–H and O–H groups in total. The van der Waals surface area contributed by atoms with Crippen molar-refractivity contribution in [3.63, 3.8) is 0 Å². The fraction of sp³-hybridized carbons (Fsp3) is 0.259. The molecule has 0 saturated heterocycles. The van der Waals surface area contributed by atoms with E-state index in [9.17, 15) is 19.5 Å². The summed E-state index contributed by atoms with van der Waals surface area (Å²) >= 11 is 0. The van der Waals surface area contributed by atoms with E-state index in [-0.39, 0.29) is 18.9 Å². The molecule has 0 aliphatic heterocycles. The Bertz CT molecular complexity index is 1240. The van der Waals surface area contributed by atoms with Crippen LogP contribution in [0, 0.1) is 0 Å². The van der Waals surface area contributed by atoms with Crippen molar-refractivity contribution in [3.05, 3.63) is 83.7 Å². The number of fused-ring (bicyclic) bond motifs is 3. The van der Waals surface area contributed by atoms with Gasteiger partial charge in [-0.25, -0.2) is 9.59 Å². The van der Waals surface area contributed by atoms with Gasteiger partial charge in [-0.2, -0.15) is 0 Å². The van der Waals surface area contributed by atoms with Gasteiger partial charge in [-0.15, -0.1) is 0 Å². The number of carboxylic acids is 1. The van der Waals surface area contributed by atoms with Gasteiger partial charge in [0.25, 0.3) is 0 Å². The van der Waals surface area contributed by atoms with Crippen molar-refractivity contribution in [2.45, 2.75) is 37.1 Å². The molecule has 0 bridgehead atoms. The molecule has 2 aromatic carbocycles. The van der Waals surface area contributed by atoms with E-state index < -0.39 is 23.5 Å². The largest absolute Gasteiger partial charge is 0.480 e. The summed E-state index contributed by atoms with van der Waals surface area (Å²) in [5, 5.41) is 14.6. The highest BCUT2D eigenvalue weighted by molar-refractivity contribution is 5.89. The molecule has 0 unspecified atom stereocenters. The maximum atomic E-state index is 12.4. The number of aliphatic carboxylic acids is 1. The average molecular weight is 472 g/mol. The van der Waals surface area contributed by atoms with E-state index in [1.807, 2.05) is 24.3 Å². The number of nitrogens with one attached hydrogen (secondary N) is 2. The van der Waals surface area contributed by atoms with E-state index in [0.29, 0.717) is 24.2 Å². The second-order valence-electron chi connectivity index (χ2n) is 8.95. The first-order valence-corrected chi connectivity index (χ1v) is 11.6. The maximum absolute atomic E-state index is 12.4. The lowest BCUT2D eigenvalue weighted by Gasteiger charge is -2.38. The average Bonchev–Trinajstić information content (AvgIpc) is 3.15. The van der Waals surface area contributed by atoms with Crippen molar-refractivity contribution in [1.29, 1.82) is 0 Å². The molecule has 0 spiro atoms. The van der Waals surface area contributed by atoms with Gasteiger partial charge in [0, 0.05) is 11.6 Å². The highest BCUT2D eigenvalue weighted by Crippen LogP contribution is 2.44. The van der Waals surface area contributed by atoms with Crippen LogP contribution in [0.15, 0.2) is 66.9 Å². The van der Waals surface area contributed by atoms with Crippen molar-refractivity contribution in [1.82, 2.24) is 10.3 Å². The number of anilines is 1. The van der Waals surface area contributed by atoms with E-state index >= 15 is 0 Å². The molecule has 8 nitrogen and oxygen atoms in total. The summed E-state index contributed by atoms with van der Waals surface area (Å²) in [4.78, 5) is 40.3.